The summed E-state index contributed by atoms with van der Waals surface area (Å²) in [6, 6.07) is 2.20. The maximum absolute atomic E-state index is 5.85. The number of morpholine rings is 1. The first-order chi connectivity index (χ1) is 9.74. The number of anilines is 1. The quantitative estimate of drug-likeness (QED) is 0.929. The summed E-state index contributed by atoms with van der Waals surface area (Å²) in [6.45, 7) is 15.6. The highest BCUT2D eigenvalue weighted by Gasteiger charge is 2.24. The number of pyridine rings is 1. The van der Waals surface area contributed by atoms with Crippen LogP contribution in [0.4, 0.5) is 5.69 Å². The van der Waals surface area contributed by atoms with E-state index < -0.39 is 0 Å². The third-order valence-corrected chi connectivity index (χ3v) is 3.67. The number of hydrogen-bond acceptors (Lipinski definition) is 4. The first-order valence-corrected chi connectivity index (χ1v) is 7.85. The zero-order valence-electron chi connectivity index (χ0n) is 14.2. The van der Waals surface area contributed by atoms with Crippen molar-refractivity contribution in [2.75, 3.05) is 18.0 Å². The Morgan fingerprint density at radius 1 is 1.29 bits per heavy atom. The number of ether oxygens (including phenoxy) is 1. The Labute approximate surface area is 128 Å². The van der Waals surface area contributed by atoms with Crippen molar-refractivity contribution in [3.63, 3.8) is 0 Å². The third-order valence-electron chi connectivity index (χ3n) is 3.67. The second-order valence-electron chi connectivity index (χ2n) is 7.22. The number of nitrogens with one attached hydrogen (secondary N) is 1. The van der Waals surface area contributed by atoms with Crippen molar-refractivity contribution in [2.45, 2.75) is 65.8 Å². The van der Waals surface area contributed by atoms with Crippen LogP contribution in [0.25, 0.3) is 0 Å². The van der Waals surface area contributed by atoms with Gasteiger partial charge >= 0.3 is 0 Å². The summed E-state index contributed by atoms with van der Waals surface area (Å²) in [6.07, 6.45) is 2.55. The van der Waals surface area contributed by atoms with E-state index in [0.717, 1.165) is 25.3 Å². The van der Waals surface area contributed by atoms with E-state index in [1.807, 2.05) is 6.20 Å². The minimum atomic E-state index is 0.105. The molecule has 2 unspecified atom stereocenters. The van der Waals surface area contributed by atoms with Crippen LogP contribution in [0.1, 0.15) is 45.9 Å². The minimum Gasteiger partial charge on any atom is -0.372 e. The first kappa shape index (κ1) is 16.2. The van der Waals surface area contributed by atoms with Crippen molar-refractivity contribution in [3.05, 3.63) is 23.5 Å². The van der Waals surface area contributed by atoms with Gasteiger partial charge in [0.15, 0.2) is 0 Å². The molecule has 1 aromatic rings. The van der Waals surface area contributed by atoms with Gasteiger partial charge in [0.25, 0.3) is 0 Å². The van der Waals surface area contributed by atoms with Crippen molar-refractivity contribution >= 4 is 5.69 Å². The predicted molar refractivity (Wildman–Crippen MR) is 87.8 cm³/mol. The zero-order chi connectivity index (χ0) is 15.6. The molecule has 4 heteroatoms. The predicted octanol–water partition coefficient (Wildman–Crippen LogP) is 2.89. The van der Waals surface area contributed by atoms with Crippen molar-refractivity contribution in [1.29, 1.82) is 0 Å². The van der Waals surface area contributed by atoms with Crippen LogP contribution in [-0.4, -0.2) is 35.8 Å². The molecule has 118 valence electrons. The van der Waals surface area contributed by atoms with Gasteiger partial charge in [-0.3, -0.25) is 4.98 Å². The molecule has 1 fully saturated rings. The summed E-state index contributed by atoms with van der Waals surface area (Å²) in [5, 5.41) is 3.56. The molecule has 21 heavy (non-hydrogen) atoms. The van der Waals surface area contributed by atoms with Gasteiger partial charge in [-0.15, -0.1) is 0 Å². The monoisotopic (exact) mass is 291 g/mol. The smallest absolute Gasteiger partial charge is 0.0726 e. The van der Waals surface area contributed by atoms with E-state index in [-0.39, 0.29) is 17.7 Å². The topological polar surface area (TPSA) is 37.4 Å². The van der Waals surface area contributed by atoms with E-state index in [0.29, 0.717) is 0 Å². The summed E-state index contributed by atoms with van der Waals surface area (Å²) in [5.41, 5.74) is 3.72. The average Bonchev–Trinajstić information content (AvgIpc) is 2.35. The first-order valence-electron chi connectivity index (χ1n) is 7.85. The van der Waals surface area contributed by atoms with Crippen molar-refractivity contribution in [1.82, 2.24) is 10.3 Å². The van der Waals surface area contributed by atoms with Crippen LogP contribution in [0, 0.1) is 6.92 Å². The van der Waals surface area contributed by atoms with E-state index in [1.165, 1.54) is 11.3 Å². The summed E-state index contributed by atoms with van der Waals surface area (Å²) in [4.78, 5) is 6.91. The maximum atomic E-state index is 5.85. The average molecular weight is 291 g/mol. The Balaban J connectivity index is 2.22. The van der Waals surface area contributed by atoms with Gasteiger partial charge in [0.2, 0.25) is 0 Å². The molecule has 0 amide bonds. The molecule has 2 heterocycles. The van der Waals surface area contributed by atoms with Gasteiger partial charge < -0.3 is 15.0 Å². The Morgan fingerprint density at radius 3 is 2.48 bits per heavy atom. The molecule has 1 aliphatic rings. The highest BCUT2D eigenvalue weighted by Crippen LogP contribution is 2.25. The van der Waals surface area contributed by atoms with Gasteiger partial charge in [-0.25, -0.2) is 0 Å². The molecule has 4 nitrogen and oxygen atoms in total. The highest BCUT2D eigenvalue weighted by atomic mass is 16.5. The number of aryl methyl sites for hydroxylation is 1. The molecule has 0 saturated carbocycles. The van der Waals surface area contributed by atoms with Crippen molar-refractivity contribution in [2.24, 2.45) is 0 Å². The van der Waals surface area contributed by atoms with E-state index in [2.05, 4.69) is 62.8 Å². The zero-order valence-corrected chi connectivity index (χ0v) is 14.2. The SMILES string of the molecule is Cc1cc(N2CC(C)OC(C)C2)c(CNC(C)(C)C)cn1. The molecule has 0 spiro atoms. The normalized spacial score (nSPS) is 23.4. The van der Waals surface area contributed by atoms with Crippen LogP contribution in [0.15, 0.2) is 12.3 Å². The molecular weight excluding hydrogens is 262 g/mol. The minimum absolute atomic E-state index is 0.105. The molecule has 1 aromatic heterocycles. The standard InChI is InChI=1S/C17H29N3O/c1-12-7-16(20-10-13(2)21-14(3)11-20)15(8-18-12)9-19-17(4,5)6/h7-8,13-14,19H,9-11H2,1-6H3. The maximum Gasteiger partial charge on any atom is 0.0726 e. The van der Waals surface area contributed by atoms with Gasteiger partial charge in [0.1, 0.15) is 0 Å². The van der Waals surface area contributed by atoms with Crippen LogP contribution >= 0.6 is 0 Å². The molecule has 0 aromatic carbocycles. The Bertz CT molecular complexity index is 471. The van der Waals surface area contributed by atoms with Crippen LogP contribution in [0.3, 0.4) is 0 Å². The molecule has 0 aliphatic carbocycles. The van der Waals surface area contributed by atoms with Crippen LogP contribution in [0.5, 0.6) is 0 Å². The number of hydrogen-bond donors (Lipinski definition) is 1. The summed E-state index contributed by atoms with van der Waals surface area (Å²) < 4.78 is 5.85. The van der Waals surface area contributed by atoms with Crippen LogP contribution in [0.2, 0.25) is 0 Å². The fourth-order valence-electron chi connectivity index (χ4n) is 2.74. The van der Waals surface area contributed by atoms with E-state index in [4.69, 9.17) is 4.74 Å². The van der Waals surface area contributed by atoms with Gasteiger partial charge in [-0.05, 0) is 47.6 Å². The molecular formula is C17H29N3O. The van der Waals surface area contributed by atoms with E-state index in [9.17, 15) is 0 Å². The van der Waals surface area contributed by atoms with E-state index in [1.54, 1.807) is 0 Å². The number of rotatable bonds is 3. The van der Waals surface area contributed by atoms with E-state index >= 15 is 0 Å². The molecule has 0 bridgehead atoms. The Kier molecular flexibility index (Phi) is 4.89. The lowest BCUT2D eigenvalue weighted by molar-refractivity contribution is -0.00528. The summed E-state index contributed by atoms with van der Waals surface area (Å²) in [7, 11) is 0. The lowest BCUT2D eigenvalue weighted by Gasteiger charge is -2.38. The lowest BCUT2D eigenvalue weighted by atomic mass is 10.1. The molecule has 1 N–H and O–H groups in total. The molecule has 2 atom stereocenters. The Morgan fingerprint density at radius 2 is 1.90 bits per heavy atom. The summed E-state index contributed by atoms with van der Waals surface area (Å²) in [5.74, 6) is 0. The fraction of sp³-hybridized carbons (Fsp3) is 0.706. The second-order valence-corrected chi connectivity index (χ2v) is 7.22. The number of nitrogens with zero attached hydrogens (tertiary/aromatic N) is 2. The van der Waals surface area contributed by atoms with Crippen LogP contribution in [-0.2, 0) is 11.3 Å². The van der Waals surface area contributed by atoms with Gasteiger partial charge in [0, 0.05) is 48.3 Å². The van der Waals surface area contributed by atoms with Gasteiger partial charge in [0.05, 0.1) is 12.2 Å². The van der Waals surface area contributed by atoms with Crippen molar-refractivity contribution < 1.29 is 4.74 Å². The third kappa shape index (κ3) is 4.68. The fourth-order valence-corrected chi connectivity index (χ4v) is 2.74. The number of aromatic nitrogens is 1. The highest BCUT2D eigenvalue weighted by molar-refractivity contribution is 5.54. The molecule has 2 rings (SSSR count). The molecule has 1 saturated heterocycles. The van der Waals surface area contributed by atoms with Crippen molar-refractivity contribution in [3.8, 4) is 0 Å². The van der Waals surface area contributed by atoms with Gasteiger partial charge in [-0.2, -0.15) is 0 Å². The van der Waals surface area contributed by atoms with Gasteiger partial charge in [-0.1, -0.05) is 0 Å². The largest absolute Gasteiger partial charge is 0.372 e. The molecule has 0 radical (unpaired) electrons. The molecule has 1 aliphatic heterocycles. The Hall–Kier alpha value is -1.13. The van der Waals surface area contributed by atoms with Crippen LogP contribution < -0.4 is 10.2 Å². The lowest BCUT2D eigenvalue weighted by Crippen LogP contribution is -2.46. The summed E-state index contributed by atoms with van der Waals surface area (Å²) >= 11 is 0. The second kappa shape index (κ2) is 6.32.